The number of ether oxygens (including phenoxy) is 1. The summed E-state index contributed by atoms with van der Waals surface area (Å²) in [5.41, 5.74) is 3.33. The van der Waals surface area contributed by atoms with Gasteiger partial charge in [0, 0.05) is 18.7 Å². The SMILES string of the molecule is Cc1ccc(OCCCCNC(=O)c2ccc3c(c2)CCN3S(C)(=O)=O)cc1. The Morgan fingerprint density at radius 3 is 2.61 bits per heavy atom. The van der Waals surface area contributed by atoms with Crippen LogP contribution in [-0.2, 0) is 16.4 Å². The number of carbonyl (C=O) groups excluding carboxylic acids is 1. The highest BCUT2D eigenvalue weighted by atomic mass is 32.2. The molecule has 0 fully saturated rings. The van der Waals surface area contributed by atoms with Crippen LogP contribution in [0.4, 0.5) is 5.69 Å². The maximum absolute atomic E-state index is 12.3. The molecule has 1 N–H and O–H groups in total. The van der Waals surface area contributed by atoms with Gasteiger partial charge in [-0.25, -0.2) is 8.42 Å². The van der Waals surface area contributed by atoms with Crippen molar-refractivity contribution in [1.82, 2.24) is 5.32 Å². The first-order chi connectivity index (χ1) is 13.3. The fraction of sp³-hybridized carbons (Fsp3) is 0.381. The smallest absolute Gasteiger partial charge is 0.251 e. The van der Waals surface area contributed by atoms with Crippen LogP contribution in [0.2, 0.25) is 0 Å². The molecule has 0 saturated carbocycles. The summed E-state index contributed by atoms with van der Waals surface area (Å²) in [4.78, 5) is 12.3. The summed E-state index contributed by atoms with van der Waals surface area (Å²) in [5.74, 6) is 0.718. The van der Waals surface area contributed by atoms with Gasteiger partial charge in [-0.1, -0.05) is 17.7 Å². The normalized spacial score (nSPS) is 13.3. The van der Waals surface area contributed by atoms with Crippen LogP contribution in [-0.4, -0.2) is 40.3 Å². The number of nitrogens with one attached hydrogen (secondary N) is 1. The first kappa shape index (κ1) is 20.2. The van der Waals surface area contributed by atoms with Gasteiger partial charge in [0.05, 0.1) is 18.6 Å². The third kappa shape index (κ3) is 5.04. The van der Waals surface area contributed by atoms with E-state index >= 15 is 0 Å². The van der Waals surface area contributed by atoms with E-state index in [-0.39, 0.29) is 5.91 Å². The molecule has 1 aliphatic rings. The zero-order valence-corrected chi connectivity index (χ0v) is 17.1. The van der Waals surface area contributed by atoms with Crippen molar-refractivity contribution in [1.29, 1.82) is 0 Å². The molecule has 0 bridgehead atoms. The van der Waals surface area contributed by atoms with E-state index in [9.17, 15) is 13.2 Å². The summed E-state index contributed by atoms with van der Waals surface area (Å²) in [6.45, 7) is 3.65. The molecule has 3 rings (SSSR count). The molecular formula is C21H26N2O4S. The number of aryl methyl sites for hydroxylation is 1. The monoisotopic (exact) mass is 402 g/mol. The van der Waals surface area contributed by atoms with Gasteiger partial charge in [0.25, 0.3) is 5.91 Å². The topological polar surface area (TPSA) is 75.7 Å². The third-order valence-corrected chi connectivity index (χ3v) is 5.92. The molecule has 0 radical (unpaired) electrons. The van der Waals surface area contributed by atoms with Gasteiger partial charge in [0.1, 0.15) is 5.75 Å². The quantitative estimate of drug-likeness (QED) is 0.689. The molecule has 2 aromatic carbocycles. The Hall–Kier alpha value is -2.54. The summed E-state index contributed by atoms with van der Waals surface area (Å²) < 4.78 is 30.6. The lowest BCUT2D eigenvalue weighted by molar-refractivity contribution is 0.0952. The minimum atomic E-state index is -3.27. The van der Waals surface area contributed by atoms with Gasteiger partial charge in [-0.05, 0) is 62.1 Å². The summed E-state index contributed by atoms with van der Waals surface area (Å²) in [5, 5.41) is 2.91. The van der Waals surface area contributed by atoms with Crippen LogP contribution in [0.3, 0.4) is 0 Å². The lowest BCUT2D eigenvalue weighted by Crippen LogP contribution is -2.27. The minimum absolute atomic E-state index is 0.139. The number of unbranched alkanes of at least 4 members (excludes halogenated alkanes) is 1. The molecule has 2 aromatic rings. The fourth-order valence-electron chi connectivity index (χ4n) is 3.21. The van der Waals surface area contributed by atoms with Crippen LogP contribution < -0.4 is 14.4 Å². The van der Waals surface area contributed by atoms with E-state index < -0.39 is 10.0 Å². The Bertz CT molecular complexity index is 939. The zero-order chi connectivity index (χ0) is 20.1. The lowest BCUT2D eigenvalue weighted by atomic mass is 10.1. The Balaban J connectivity index is 1.42. The van der Waals surface area contributed by atoms with Gasteiger partial charge in [-0.2, -0.15) is 0 Å². The summed E-state index contributed by atoms with van der Waals surface area (Å²) >= 11 is 0. The predicted molar refractivity (Wildman–Crippen MR) is 111 cm³/mol. The Labute approximate surface area is 166 Å². The van der Waals surface area contributed by atoms with Crippen LogP contribution in [0.5, 0.6) is 5.75 Å². The number of hydrogen-bond acceptors (Lipinski definition) is 4. The molecule has 7 heteroatoms. The predicted octanol–water partition coefficient (Wildman–Crippen LogP) is 2.91. The van der Waals surface area contributed by atoms with E-state index in [1.165, 1.54) is 16.1 Å². The standard InChI is InChI=1S/C21H26N2O4S/c1-16-5-8-19(9-6-16)27-14-4-3-12-22-21(24)18-7-10-20-17(15-18)11-13-23(20)28(2,25)26/h5-10,15H,3-4,11-14H2,1-2H3,(H,22,24). The Kier molecular flexibility index (Phi) is 6.24. The van der Waals surface area contributed by atoms with Gasteiger partial charge < -0.3 is 10.1 Å². The van der Waals surface area contributed by atoms with Gasteiger partial charge in [0.15, 0.2) is 0 Å². The minimum Gasteiger partial charge on any atom is -0.494 e. The lowest BCUT2D eigenvalue weighted by Gasteiger charge is -2.16. The first-order valence-electron chi connectivity index (χ1n) is 9.43. The summed E-state index contributed by atoms with van der Waals surface area (Å²) in [7, 11) is -3.27. The van der Waals surface area contributed by atoms with Crippen molar-refractivity contribution < 1.29 is 17.9 Å². The third-order valence-electron chi connectivity index (χ3n) is 4.74. The van der Waals surface area contributed by atoms with Gasteiger partial charge in [-0.3, -0.25) is 9.10 Å². The number of anilines is 1. The van der Waals surface area contributed by atoms with E-state index in [1.807, 2.05) is 31.2 Å². The molecule has 1 aliphatic heterocycles. The van der Waals surface area contributed by atoms with Crippen molar-refractivity contribution in [3.05, 3.63) is 59.2 Å². The zero-order valence-electron chi connectivity index (χ0n) is 16.3. The molecule has 1 amide bonds. The largest absolute Gasteiger partial charge is 0.494 e. The second-order valence-electron chi connectivity index (χ2n) is 7.05. The van der Waals surface area contributed by atoms with Gasteiger partial charge >= 0.3 is 0 Å². The van der Waals surface area contributed by atoms with E-state index in [1.54, 1.807) is 18.2 Å². The van der Waals surface area contributed by atoms with Crippen molar-refractivity contribution in [3.63, 3.8) is 0 Å². The fourth-order valence-corrected chi connectivity index (χ4v) is 4.17. The second kappa shape index (κ2) is 8.65. The summed E-state index contributed by atoms with van der Waals surface area (Å²) in [6, 6.07) is 13.1. The highest BCUT2D eigenvalue weighted by Gasteiger charge is 2.26. The van der Waals surface area contributed by atoms with Crippen LogP contribution in [0.15, 0.2) is 42.5 Å². The van der Waals surface area contributed by atoms with Crippen molar-refractivity contribution in [3.8, 4) is 5.75 Å². The number of nitrogens with zero attached hydrogens (tertiary/aromatic N) is 1. The van der Waals surface area contributed by atoms with Crippen LogP contribution in [0.1, 0.15) is 34.3 Å². The summed E-state index contributed by atoms with van der Waals surface area (Å²) in [6.07, 6.45) is 3.50. The average Bonchev–Trinajstić information content (AvgIpc) is 3.09. The second-order valence-corrected chi connectivity index (χ2v) is 8.96. The molecule has 0 unspecified atom stereocenters. The number of sulfonamides is 1. The van der Waals surface area contributed by atoms with Gasteiger partial charge in [-0.15, -0.1) is 0 Å². The van der Waals surface area contributed by atoms with E-state index in [4.69, 9.17) is 4.74 Å². The molecule has 150 valence electrons. The number of hydrogen-bond donors (Lipinski definition) is 1. The van der Waals surface area contributed by atoms with E-state index in [0.717, 1.165) is 24.2 Å². The molecule has 0 atom stereocenters. The molecule has 0 saturated heterocycles. The highest BCUT2D eigenvalue weighted by Crippen LogP contribution is 2.30. The van der Waals surface area contributed by atoms with Crippen LogP contribution in [0, 0.1) is 6.92 Å². The Morgan fingerprint density at radius 2 is 1.89 bits per heavy atom. The Morgan fingerprint density at radius 1 is 1.14 bits per heavy atom. The highest BCUT2D eigenvalue weighted by molar-refractivity contribution is 7.92. The molecule has 0 aromatic heterocycles. The van der Waals surface area contributed by atoms with E-state index in [2.05, 4.69) is 5.32 Å². The van der Waals surface area contributed by atoms with Crippen molar-refractivity contribution >= 4 is 21.6 Å². The molecule has 0 aliphatic carbocycles. The molecule has 28 heavy (non-hydrogen) atoms. The first-order valence-corrected chi connectivity index (χ1v) is 11.3. The van der Waals surface area contributed by atoms with Crippen LogP contribution >= 0.6 is 0 Å². The maximum atomic E-state index is 12.3. The molecule has 6 nitrogen and oxygen atoms in total. The number of amides is 1. The number of benzene rings is 2. The molecule has 0 spiro atoms. The van der Waals surface area contributed by atoms with Crippen molar-refractivity contribution in [2.75, 3.05) is 30.3 Å². The number of fused-ring (bicyclic) bond motifs is 1. The number of rotatable bonds is 8. The average molecular weight is 403 g/mol. The van der Waals surface area contributed by atoms with Crippen LogP contribution in [0.25, 0.3) is 0 Å². The van der Waals surface area contributed by atoms with Crippen molar-refractivity contribution in [2.45, 2.75) is 26.2 Å². The maximum Gasteiger partial charge on any atom is 0.251 e. The number of carbonyl (C=O) groups is 1. The van der Waals surface area contributed by atoms with Gasteiger partial charge in [0.2, 0.25) is 10.0 Å². The molecular weight excluding hydrogens is 376 g/mol. The van der Waals surface area contributed by atoms with E-state index in [0.29, 0.717) is 37.4 Å². The van der Waals surface area contributed by atoms with Crippen molar-refractivity contribution in [2.24, 2.45) is 0 Å². The molecule has 1 heterocycles.